The van der Waals surface area contributed by atoms with Crippen LogP contribution in [-0.2, 0) is 0 Å². The molecule has 0 atom stereocenters. The lowest BCUT2D eigenvalue weighted by Gasteiger charge is -2.26. The van der Waals surface area contributed by atoms with Crippen LogP contribution in [0.15, 0.2) is 212 Å². The Morgan fingerprint density at radius 3 is 1.47 bits per heavy atom. The minimum Gasteiger partial charge on any atom is -0.311 e. The second-order valence-electron chi connectivity index (χ2n) is 12.6. The average Bonchev–Trinajstić information content (AvgIpc) is 3.25. The van der Waals surface area contributed by atoms with E-state index in [2.05, 4.69) is 115 Å². The van der Waals surface area contributed by atoms with Crippen molar-refractivity contribution in [3.05, 3.63) is 212 Å². The van der Waals surface area contributed by atoms with Crippen LogP contribution in [0.5, 0.6) is 0 Å². The lowest BCUT2D eigenvalue weighted by molar-refractivity contribution is 1.28. The van der Waals surface area contributed by atoms with Crippen LogP contribution in [0.4, 0.5) is 17.1 Å². The van der Waals surface area contributed by atoms with Gasteiger partial charge in [0.25, 0.3) is 0 Å². The Bertz CT molecular complexity index is 2800. The summed E-state index contributed by atoms with van der Waals surface area (Å²) in [6, 6.07) is 63.0. The number of rotatable bonds is 7. The molecule has 1 heteroatoms. The molecule has 9 aromatic carbocycles. The number of hydrogen-bond donors (Lipinski definition) is 0. The van der Waals surface area contributed by atoms with Crippen molar-refractivity contribution in [1.82, 2.24) is 0 Å². The Hall–Kier alpha value is -6.70. The molecule has 0 saturated carbocycles. The highest BCUT2D eigenvalue weighted by atomic mass is 15.1. The molecule has 0 unspecified atom stereocenters. The van der Waals surface area contributed by atoms with Crippen LogP contribution in [-0.4, -0.2) is 0 Å². The molecule has 0 spiro atoms. The van der Waals surface area contributed by atoms with Gasteiger partial charge in [-0.15, -0.1) is 0 Å². The first-order valence-electron chi connectivity index (χ1n) is 19.2. The van der Waals surface area contributed by atoms with E-state index < -0.39 is 0 Å². The molecule has 9 aromatic rings. The molecular formula is C50H35N. The molecule has 0 aliphatic rings. The molecule has 0 aliphatic carbocycles. The molecule has 9 rings (SSSR count). The van der Waals surface area contributed by atoms with E-state index in [0.717, 1.165) is 66.3 Å². The van der Waals surface area contributed by atoms with E-state index in [0.29, 0.717) is 5.56 Å². The van der Waals surface area contributed by atoms with Crippen molar-refractivity contribution in [1.29, 1.82) is 0 Å². The van der Waals surface area contributed by atoms with Gasteiger partial charge in [-0.25, -0.2) is 0 Å². The SMILES string of the molecule is [2H]c1c([2H])c(N(c2ccc(-c3cccc4ccccc34)cc2)c2ccc(-c3c(-c4ccccc4)ccc4ccccc34)cc2)c([2H])c([2H])c1-c1ccccc1. The number of anilines is 3. The Balaban J connectivity index is 1.22. The quantitative estimate of drug-likeness (QED) is 0.165. The van der Waals surface area contributed by atoms with Gasteiger partial charge >= 0.3 is 0 Å². The highest BCUT2D eigenvalue weighted by Gasteiger charge is 2.16. The van der Waals surface area contributed by atoms with E-state index in [1.807, 2.05) is 77.7 Å². The lowest BCUT2D eigenvalue weighted by Crippen LogP contribution is -2.09. The van der Waals surface area contributed by atoms with Crippen molar-refractivity contribution in [3.63, 3.8) is 0 Å². The molecular weight excluding hydrogens is 615 g/mol. The monoisotopic (exact) mass is 653 g/mol. The van der Waals surface area contributed by atoms with E-state index in [4.69, 9.17) is 2.74 Å². The zero-order valence-corrected chi connectivity index (χ0v) is 27.8. The van der Waals surface area contributed by atoms with Gasteiger partial charge in [-0.3, -0.25) is 0 Å². The maximum atomic E-state index is 9.38. The third-order valence-electron chi connectivity index (χ3n) is 9.55. The summed E-state index contributed by atoms with van der Waals surface area (Å²) in [5.41, 5.74) is 9.12. The summed E-state index contributed by atoms with van der Waals surface area (Å²) in [7, 11) is 0. The zero-order valence-electron chi connectivity index (χ0n) is 31.8. The Labute approximate surface area is 305 Å². The van der Waals surface area contributed by atoms with Crippen molar-refractivity contribution >= 4 is 38.6 Å². The Morgan fingerprint density at radius 1 is 0.294 bits per heavy atom. The molecule has 0 N–H and O–H groups in total. The first-order valence-corrected chi connectivity index (χ1v) is 17.2. The topological polar surface area (TPSA) is 3.24 Å². The molecule has 240 valence electrons. The van der Waals surface area contributed by atoms with Crippen molar-refractivity contribution < 1.29 is 5.48 Å². The molecule has 0 heterocycles. The van der Waals surface area contributed by atoms with E-state index in [1.54, 1.807) is 0 Å². The smallest absolute Gasteiger partial charge is 0.0645 e. The third kappa shape index (κ3) is 5.86. The molecule has 0 aliphatic heterocycles. The van der Waals surface area contributed by atoms with Crippen molar-refractivity contribution in [2.24, 2.45) is 0 Å². The van der Waals surface area contributed by atoms with Crippen LogP contribution in [0.1, 0.15) is 5.48 Å². The summed E-state index contributed by atoms with van der Waals surface area (Å²) in [5.74, 6) is 0. The first-order chi connectivity index (χ1) is 27.0. The first kappa shape index (κ1) is 26.2. The number of benzene rings is 9. The maximum absolute atomic E-state index is 9.38. The predicted molar refractivity (Wildman–Crippen MR) is 218 cm³/mol. The maximum Gasteiger partial charge on any atom is 0.0645 e. The minimum absolute atomic E-state index is 0.0838. The van der Waals surface area contributed by atoms with Gasteiger partial charge in [0.1, 0.15) is 0 Å². The fourth-order valence-corrected chi connectivity index (χ4v) is 7.06. The second-order valence-corrected chi connectivity index (χ2v) is 12.6. The van der Waals surface area contributed by atoms with E-state index >= 15 is 0 Å². The standard InChI is InChI=1S/C50H35N/c1-3-12-36(13-4-1)37-22-29-43(30-23-37)51(44-31-24-41(25-32-44)47-21-11-18-38-16-7-9-19-46(38)47)45-33-26-42(27-34-45)50-48-20-10-8-17-40(48)28-35-49(50)39-14-5-2-6-15-39/h1-35H/i22D,23D,29D,30D. The zero-order chi connectivity index (χ0) is 37.5. The Morgan fingerprint density at radius 2 is 0.804 bits per heavy atom. The fraction of sp³-hybridized carbons (Fsp3) is 0. The summed E-state index contributed by atoms with van der Waals surface area (Å²) in [6.07, 6.45) is 0. The number of nitrogens with zero attached hydrogens (tertiary/aromatic N) is 1. The highest BCUT2D eigenvalue weighted by Crippen LogP contribution is 2.41. The van der Waals surface area contributed by atoms with Crippen molar-refractivity contribution in [2.45, 2.75) is 0 Å². The molecule has 51 heavy (non-hydrogen) atoms. The number of hydrogen-bond acceptors (Lipinski definition) is 1. The second kappa shape index (κ2) is 13.3. The van der Waals surface area contributed by atoms with E-state index in [1.165, 1.54) is 0 Å². The van der Waals surface area contributed by atoms with Gasteiger partial charge in [0.2, 0.25) is 0 Å². The van der Waals surface area contributed by atoms with Crippen LogP contribution in [0.25, 0.3) is 66.1 Å². The summed E-state index contributed by atoms with van der Waals surface area (Å²) < 4.78 is 37.1. The van der Waals surface area contributed by atoms with Gasteiger partial charge in [-0.05, 0) is 102 Å². The van der Waals surface area contributed by atoms with Gasteiger partial charge in [-0.2, -0.15) is 0 Å². The molecule has 1 nitrogen and oxygen atoms in total. The van der Waals surface area contributed by atoms with E-state index in [9.17, 15) is 2.74 Å². The van der Waals surface area contributed by atoms with Crippen LogP contribution in [0.3, 0.4) is 0 Å². The number of fused-ring (bicyclic) bond motifs is 2. The third-order valence-corrected chi connectivity index (χ3v) is 9.55. The normalized spacial score (nSPS) is 12.2. The van der Waals surface area contributed by atoms with Gasteiger partial charge in [0, 0.05) is 17.1 Å². The van der Waals surface area contributed by atoms with Crippen molar-refractivity contribution in [2.75, 3.05) is 4.90 Å². The van der Waals surface area contributed by atoms with Gasteiger partial charge in [-0.1, -0.05) is 176 Å². The lowest BCUT2D eigenvalue weighted by atomic mass is 9.89. The van der Waals surface area contributed by atoms with Gasteiger partial charge < -0.3 is 4.90 Å². The summed E-state index contributed by atoms with van der Waals surface area (Å²) in [6.45, 7) is 0. The molecule has 0 fully saturated rings. The van der Waals surface area contributed by atoms with E-state index in [-0.39, 0.29) is 35.4 Å². The summed E-state index contributed by atoms with van der Waals surface area (Å²) in [5, 5.41) is 4.61. The molecule has 0 bridgehead atoms. The minimum atomic E-state index is -0.109. The van der Waals surface area contributed by atoms with Crippen LogP contribution >= 0.6 is 0 Å². The summed E-state index contributed by atoms with van der Waals surface area (Å²) >= 11 is 0. The highest BCUT2D eigenvalue weighted by molar-refractivity contribution is 6.04. The van der Waals surface area contributed by atoms with Gasteiger partial charge in [0.05, 0.1) is 5.48 Å². The largest absolute Gasteiger partial charge is 0.311 e. The van der Waals surface area contributed by atoms with Crippen LogP contribution in [0, 0.1) is 0 Å². The molecule has 0 amide bonds. The van der Waals surface area contributed by atoms with Gasteiger partial charge in [0.15, 0.2) is 0 Å². The molecule has 0 radical (unpaired) electrons. The van der Waals surface area contributed by atoms with Crippen molar-refractivity contribution in [3.8, 4) is 44.5 Å². The molecule has 0 saturated heterocycles. The van der Waals surface area contributed by atoms with Crippen LogP contribution in [0.2, 0.25) is 0 Å². The fourth-order valence-electron chi connectivity index (χ4n) is 7.06. The average molecular weight is 654 g/mol. The summed E-state index contributed by atoms with van der Waals surface area (Å²) in [4.78, 5) is 1.85. The van der Waals surface area contributed by atoms with Crippen LogP contribution < -0.4 is 4.90 Å². The Kier molecular flexibility index (Phi) is 6.84. The predicted octanol–water partition coefficient (Wildman–Crippen LogP) is 14.1. The molecule has 0 aromatic heterocycles.